The van der Waals surface area contributed by atoms with E-state index in [1.165, 1.54) is 23.6 Å². The number of esters is 1. The molecule has 1 aromatic heterocycles. The zero-order valence-corrected chi connectivity index (χ0v) is 16.7. The molecule has 148 valence electrons. The molecular formula is C25H26N2O2. The van der Waals surface area contributed by atoms with Crippen LogP contribution in [0.3, 0.4) is 0 Å². The van der Waals surface area contributed by atoms with Crippen LogP contribution < -0.4 is 0 Å². The smallest absolute Gasteiger partial charge is 0.319 e. The average Bonchev–Trinajstić information content (AvgIpc) is 3.09. The van der Waals surface area contributed by atoms with Crippen molar-refractivity contribution in [2.45, 2.75) is 37.3 Å². The normalized spacial score (nSPS) is 24.0. The van der Waals surface area contributed by atoms with Crippen molar-refractivity contribution in [3.05, 3.63) is 83.6 Å². The van der Waals surface area contributed by atoms with Crippen LogP contribution in [0.2, 0.25) is 0 Å². The fraction of sp³-hybridized carbons (Fsp3) is 0.320. The van der Waals surface area contributed by atoms with Gasteiger partial charge in [0.05, 0.1) is 7.11 Å². The summed E-state index contributed by atoms with van der Waals surface area (Å²) < 4.78 is 5.44. The van der Waals surface area contributed by atoms with Crippen LogP contribution in [0.4, 0.5) is 0 Å². The summed E-state index contributed by atoms with van der Waals surface area (Å²) in [6, 6.07) is 18.9. The van der Waals surface area contributed by atoms with Crippen LogP contribution in [0.25, 0.3) is 10.9 Å². The van der Waals surface area contributed by atoms with E-state index in [0.717, 1.165) is 43.6 Å². The first-order valence-corrected chi connectivity index (χ1v) is 10.4. The van der Waals surface area contributed by atoms with E-state index in [1.807, 2.05) is 12.1 Å². The number of allylic oxidation sites excluding steroid dienone is 1. The third-order valence-electron chi connectivity index (χ3n) is 6.61. The van der Waals surface area contributed by atoms with Gasteiger partial charge in [0.25, 0.3) is 0 Å². The highest BCUT2D eigenvalue weighted by atomic mass is 16.5. The Kier molecular flexibility index (Phi) is 4.51. The molecule has 4 nitrogen and oxygen atoms in total. The standard InChI is InChI=1S/C25H26N2O2/c1-29-24(28)25-15-8-7-13-22(25)27(17-18-9-3-2-4-10-18)16-14-20-19-11-5-6-12-21(19)26-23(20)25/h2-7,9-13,22,26H,8,14-17H2,1H3. The lowest BCUT2D eigenvalue weighted by Crippen LogP contribution is -2.55. The Balaban J connectivity index is 1.69. The number of benzene rings is 2. The van der Waals surface area contributed by atoms with E-state index in [9.17, 15) is 4.79 Å². The van der Waals surface area contributed by atoms with Gasteiger partial charge in [-0.15, -0.1) is 0 Å². The van der Waals surface area contributed by atoms with Crippen molar-refractivity contribution in [1.82, 2.24) is 9.88 Å². The fourth-order valence-electron chi connectivity index (χ4n) is 5.29. The maximum Gasteiger partial charge on any atom is 0.319 e. The number of carbonyl (C=O) groups excluding carboxylic acids is 1. The number of aromatic nitrogens is 1. The molecule has 2 unspecified atom stereocenters. The second-order valence-corrected chi connectivity index (χ2v) is 8.10. The minimum absolute atomic E-state index is 0.0294. The zero-order chi connectivity index (χ0) is 19.8. The van der Waals surface area contributed by atoms with E-state index in [2.05, 4.69) is 64.5 Å². The number of H-pyrrole nitrogens is 1. The van der Waals surface area contributed by atoms with E-state index >= 15 is 0 Å². The van der Waals surface area contributed by atoms with Gasteiger partial charge in [0.15, 0.2) is 0 Å². The van der Waals surface area contributed by atoms with Gasteiger partial charge < -0.3 is 9.72 Å². The summed E-state index contributed by atoms with van der Waals surface area (Å²) in [5.41, 5.74) is 3.98. The van der Waals surface area contributed by atoms with Gasteiger partial charge in [-0.1, -0.05) is 60.7 Å². The molecular weight excluding hydrogens is 360 g/mol. The Morgan fingerprint density at radius 3 is 2.79 bits per heavy atom. The molecule has 1 aliphatic heterocycles. The quantitative estimate of drug-likeness (QED) is 0.537. The van der Waals surface area contributed by atoms with Crippen LogP contribution in [0.1, 0.15) is 29.7 Å². The highest BCUT2D eigenvalue weighted by Crippen LogP contribution is 2.45. The van der Waals surface area contributed by atoms with Crippen LogP contribution in [0.5, 0.6) is 0 Å². The van der Waals surface area contributed by atoms with Crippen molar-refractivity contribution in [2.24, 2.45) is 0 Å². The molecule has 1 aliphatic carbocycles. The zero-order valence-electron chi connectivity index (χ0n) is 16.7. The third-order valence-corrected chi connectivity index (χ3v) is 6.61. The second kappa shape index (κ2) is 7.20. The molecule has 2 atom stereocenters. The van der Waals surface area contributed by atoms with E-state index in [-0.39, 0.29) is 12.0 Å². The van der Waals surface area contributed by atoms with Gasteiger partial charge in [0, 0.05) is 35.7 Å². The average molecular weight is 386 g/mol. The molecule has 0 saturated carbocycles. The van der Waals surface area contributed by atoms with Crippen LogP contribution in [-0.2, 0) is 27.9 Å². The summed E-state index contributed by atoms with van der Waals surface area (Å²) in [4.78, 5) is 19.5. The van der Waals surface area contributed by atoms with Crippen molar-refractivity contribution in [3.63, 3.8) is 0 Å². The predicted octanol–water partition coefficient (Wildman–Crippen LogP) is 4.36. The molecule has 2 aromatic carbocycles. The van der Waals surface area contributed by atoms with Crippen molar-refractivity contribution in [1.29, 1.82) is 0 Å². The van der Waals surface area contributed by atoms with Gasteiger partial charge in [-0.3, -0.25) is 9.69 Å². The fourth-order valence-corrected chi connectivity index (χ4v) is 5.29. The Morgan fingerprint density at radius 2 is 1.97 bits per heavy atom. The summed E-state index contributed by atoms with van der Waals surface area (Å²) in [6.45, 7) is 1.72. The molecule has 0 fully saturated rings. The van der Waals surface area contributed by atoms with E-state index in [1.54, 1.807) is 0 Å². The number of carbonyl (C=O) groups is 1. The molecule has 3 aromatic rings. The highest BCUT2D eigenvalue weighted by molar-refractivity contribution is 5.91. The Labute approximate surface area is 171 Å². The molecule has 0 amide bonds. The Bertz CT molecular complexity index is 1070. The van der Waals surface area contributed by atoms with E-state index < -0.39 is 5.41 Å². The molecule has 4 heteroatoms. The monoisotopic (exact) mass is 386 g/mol. The van der Waals surface area contributed by atoms with Gasteiger partial charge in [-0.05, 0) is 36.5 Å². The van der Waals surface area contributed by atoms with Crippen molar-refractivity contribution < 1.29 is 9.53 Å². The van der Waals surface area contributed by atoms with E-state index in [0.29, 0.717) is 0 Å². The predicted molar refractivity (Wildman–Crippen MR) is 115 cm³/mol. The van der Waals surface area contributed by atoms with Crippen LogP contribution in [-0.4, -0.2) is 35.5 Å². The van der Waals surface area contributed by atoms with Gasteiger partial charge in [-0.2, -0.15) is 0 Å². The van der Waals surface area contributed by atoms with Crippen LogP contribution in [0.15, 0.2) is 66.7 Å². The van der Waals surface area contributed by atoms with Crippen LogP contribution >= 0.6 is 0 Å². The summed E-state index contributed by atoms with van der Waals surface area (Å²) in [5.74, 6) is -0.139. The summed E-state index contributed by atoms with van der Waals surface area (Å²) in [6.07, 6.45) is 6.99. The second-order valence-electron chi connectivity index (χ2n) is 8.10. The molecule has 2 aliphatic rings. The third kappa shape index (κ3) is 2.82. The lowest BCUT2D eigenvalue weighted by molar-refractivity contribution is -0.150. The maximum atomic E-state index is 13.4. The molecule has 0 radical (unpaired) electrons. The van der Waals surface area contributed by atoms with Crippen molar-refractivity contribution >= 4 is 16.9 Å². The summed E-state index contributed by atoms with van der Waals surface area (Å²) in [5, 5.41) is 1.22. The van der Waals surface area contributed by atoms with Gasteiger partial charge in [0.1, 0.15) is 5.41 Å². The minimum atomic E-state index is -0.705. The first-order valence-electron chi connectivity index (χ1n) is 10.4. The summed E-state index contributed by atoms with van der Waals surface area (Å²) in [7, 11) is 1.52. The number of nitrogens with zero attached hydrogens (tertiary/aromatic N) is 1. The molecule has 0 saturated heterocycles. The van der Waals surface area contributed by atoms with Crippen molar-refractivity contribution in [3.8, 4) is 0 Å². The molecule has 0 spiro atoms. The molecule has 1 N–H and O–H groups in total. The van der Waals surface area contributed by atoms with E-state index in [4.69, 9.17) is 4.74 Å². The van der Waals surface area contributed by atoms with Gasteiger partial charge in [-0.25, -0.2) is 0 Å². The Morgan fingerprint density at radius 1 is 1.17 bits per heavy atom. The Hall–Kier alpha value is -2.85. The topological polar surface area (TPSA) is 45.3 Å². The molecule has 29 heavy (non-hydrogen) atoms. The number of ether oxygens (including phenoxy) is 1. The largest absolute Gasteiger partial charge is 0.468 e. The minimum Gasteiger partial charge on any atom is -0.468 e. The first-order chi connectivity index (χ1) is 14.2. The van der Waals surface area contributed by atoms with Crippen molar-refractivity contribution in [2.75, 3.05) is 13.7 Å². The first kappa shape index (κ1) is 18.2. The number of nitrogens with one attached hydrogen (secondary N) is 1. The molecule has 2 heterocycles. The number of para-hydroxylation sites is 1. The van der Waals surface area contributed by atoms with Gasteiger partial charge >= 0.3 is 5.97 Å². The maximum absolute atomic E-state index is 13.4. The molecule has 0 bridgehead atoms. The number of fused-ring (bicyclic) bond motifs is 5. The van der Waals surface area contributed by atoms with Crippen LogP contribution in [0, 0.1) is 0 Å². The lowest BCUT2D eigenvalue weighted by atomic mass is 9.69. The molecule has 5 rings (SSSR count). The van der Waals surface area contributed by atoms with Gasteiger partial charge in [0.2, 0.25) is 0 Å². The number of hydrogen-bond acceptors (Lipinski definition) is 3. The SMILES string of the molecule is COC(=O)C12CCC=CC1N(Cc1ccccc1)CCc1c2[nH]c2ccccc12. The number of methoxy groups -OCH3 is 1. The summed E-state index contributed by atoms with van der Waals surface area (Å²) >= 11 is 0. The number of rotatable bonds is 3. The number of aromatic amines is 1. The highest BCUT2D eigenvalue weighted by Gasteiger charge is 2.53. The number of hydrogen-bond donors (Lipinski definition) is 1. The lowest BCUT2D eigenvalue weighted by Gasteiger charge is -2.43.